The number of benzene rings is 1. The van der Waals surface area contributed by atoms with E-state index in [0.717, 1.165) is 5.69 Å². The lowest BCUT2D eigenvalue weighted by atomic mass is 10.1. The van der Waals surface area contributed by atoms with Crippen LogP contribution in [-0.2, 0) is 4.79 Å². The topological polar surface area (TPSA) is 66.4 Å². The molecule has 16 heavy (non-hydrogen) atoms. The average Bonchev–Trinajstić information content (AvgIpc) is 2.16. The van der Waals surface area contributed by atoms with Crippen LogP contribution in [0.2, 0.25) is 0 Å². The number of rotatable bonds is 5. The highest BCUT2D eigenvalue weighted by atomic mass is 16.4. The molecule has 0 aliphatic rings. The minimum absolute atomic E-state index is 0.00506. The summed E-state index contributed by atoms with van der Waals surface area (Å²) in [5.74, 6) is -0.850. The molecule has 2 N–H and O–H groups in total. The van der Waals surface area contributed by atoms with Crippen molar-refractivity contribution >= 4 is 17.4 Å². The van der Waals surface area contributed by atoms with Gasteiger partial charge in [0.2, 0.25) is 0 Å². The maximum Gasteiger partial charge on any atom is 0.305 e. The molecule has 0 aromatic heterocycles. The van der Waals surface area contributed by atoms with Gasteiger partial charge in [0.15, 0.2) is 5.78 Å². The van der Waals surface area contributed by atoms with E-state index in [2.05, 4.69) is 5.32 Å². The van der Waals surface area contributed by atoms with Crippen LogP contribution in [-0.4, -0.2) is 22.9 Å². The second-order valence-corrected chi connectivity index (χ2v) is 3.78. The van der Waals surface area contributed by atoms with E-state index in [0.29, 0.717) is 5.56 Å². The number of anilines is 1. The molecule has 4 nitrogen and oxygen atoms in total. The Kier molecular flexibility index (Phi) is 4.05. The number of carboxylic acid groups (broad SMARTS) is 1. The highest BCUT2D eigenvalue weighted by molar-refractivity contribution is 5.94. The molecule has 1 rings (SSSR count). The van der Waals surface area contributed by atoms with Crippen molar-refractivity contribution in [3.05, 3.63) is 29.8 Å². The molecule has 1 aromatic carbocycles. The van der Waals surface area contributed by atoms with E-state index in [1.54, 1.807) is 25.1 Å². The number of carboxylic acids is 1. The van der Waals surface area contributed by atoms with E-state index in [9.17, 15) is 9.59 Å². The largest absolute Gasteiger partial charge is 0.481 e. The second kappa shape index (κ2) is 5.30. The zero-order chi connectivity index (χ0) is 12.1. The van der Waals surface area contributed by atoms with E-state index in [1.807, 2.05) is 6.07 Å². The minimum atomic E-state index is -0.845. The summed E-state index contributed by atoms with van der Waals surface area (Å²) in [4.78, 5) is 21.6. The quantitative estimate of drug-likeness (QED) is 0.748. The van der Waals surface area contributed by atoms with Crippen LogP contribution in [0.4, 0.5) is 5.69 Å². The van der Waals surface area contributed by atoms with E-state index >= 15 is 0 Å². The number of carbonyl (C=O) groups excluding carboxylic acids is 1. The monoisotopic (exact) mass is 221 g/mol. The summed E-state index contributed by atoms with van der Waals surface area (Å²) >= 11 is 0. The van der Waals surface area contributed by atoms with Crippen LogP contribution < -0.4 is 5.32 Å². The smallest absolute Gasteiger partial charge is 0.305 e. The Bertz CT molecular complexity index is 401. The third-order valence-corrected chi connectivity index (χ3v) is 2.16. The maximum atomic E-state index is 11.1. The summed E-state index contributed by atoms with van der Waals surface area (Å²) in [6, 6.07) is 6.87. The molecule has 86 valence electrons. The number of carbonyl (C=O) groups is 2. The van der Waals surface area contributed by atoms with Crippen molar-refractivity contribution in [3.63, 3.8) is 0 Å². The highest BCUT2D eigenvalue weighted by Gasteiger charge is 2.07. The van der Waals surface area contributed by atoms with Crippen LogP contribution in [0, 0.1) is 0 Å². The molecule has 1 atom stereocenters. The first-order chi connectivity index (χ1) is 7.49. The second-order valence-electron chi connectivity index (χ2n) is 3.78. The van der Waals surface area contributed by atoms with Crippen LogP contribution in [0.5, 0.6) is 0 Å². The maximum absolute atomic E-state index is 11.1. The van der Waals surface area contributed by atoms with Gasteiger partial charge in [-0.25, -0.2) is 0 Å². The Balaban J connectivity index is 2.70. The number of ketones is 1. The predicted octanol–water partition coefficient (Wildman–Crippen LogP) is 2.16. The van der Waals surface area contributed by atoms with Gasteiger partial charge in [0.25, 0.3) is 0 Å². The lowest BCUT2D eigenvalue weighted by Gasteiger charge is -2.13. The molecule has 4 heteroatoms. The molecule has 0 bridgehead atoms. The van der Waals surface area contributed by atoms with Gasteiger partial charge >= 0.3 is 5.97 Å². The van der Waals surface area contributed by atoms with Crippen molar-refractivity contribution in [2.75, 3.05) is 5.32 Å². The van der Waals surface area contributed by atoms with Crippen molar-refractivity contribution in [2.24, 2.45) is 0 Å². The number of aliphatic carboxylic acids is 1. The van der Waals surface area contributed by atoms with Gasteiger partial charge in [-0.3, -0.25) is 9.59 Å². The van der Waals surface area contributed by atoms with E-state index in [1.165, 1.54) is 6.92 Å². The Labute approximate surface area is 94.3 Å². The fraction of sp³-hybridized carbons (Fsp3) is 0.333. The van der Waals surface area contributed by atoms with Crippen LogP contribution in [0.25, 0.3) is 0 Å². The Morgan fingerprint density at radius 2 is 2.12 bits per heavy atom. The zero-order valence-electron chi connectivity index (χ0n) is 9.36. The SMILES string of the molecule is CC(=O)c1cccc(NC(C)CC(=O)O)c1. The molecule has 0 saturated heterocycles. The van der Waals surface area contributed by atoms with E-state index in [-0.39, 0.29) is 18.2 Å². The van der Waals surface area contributed by atoms with Gasteiger partial charge in [0, 0.05) is 17.3 Å². The van der Waals surface area contributed by atoms with Gasteiger partial charge in [-0.2, -0.15) is 0 Å². The van der Waals surface area contributed by atoms with Crippen LogP contribution >= 0.6 is 0 Å². The van der Waals surface area contributed by atoms with Gasteiger partial charge in [-0.15, -0.1) is 0 Å². The van der Waals surface area contributed by atoms with E-state index in [4.69, 9.17) is 5.11 Å². The Morgan fingerprint density at radius 3 is 2.69 bits per heavy atom. The average molecular weight is 221 g/mol. The minimum Gasteiger partial charge on any atom is -0.481 e. The summed E-state index contributed by atoms with van der Waals surface area (Å²) < 4.78 is 0. The Morgan fingerprint density at radius 1 is 1.44 bits per heavy atom. The van der Waals surface area contributed by atoms with Gasteiger partial charge < -0.3 is 10.4 Å². The van der Waals surface area contributed by atoms with Crippen molar-refractivity contribution < 1.29 is 14.7 Å². The fourth-order valence-corrected chi connectivity index (χ4v) is 1.43. The van der Waals surface area contributed by atoms with Gasteiger partial charge in [-0.1, -0.05) is 12.1 Å². The summed E-state index contributed by atoms with van der Waals surface area (Å²) in [6.07, 6.45) is 0.0459. The standard InChI is InChI=1S/C12H15NO3/c1-8(6-12(15)16)13-11-5-3-4-10(7-11)9(2)14/h3-5,7-8,13H,6H2,1-2H3,(H,15,16). The Hall–Kier alpha value is -1.84. The number of Topliss-reactive ketones (excluding diaryl/α,β-unsaturated/α-hetero) is 1. The first-order valence-electron chi connectivity index (χ1n) is 5.08. The normalized spacial score (nSPS) is 11.9. The molecule has 0 saturated carbocycles. The molecule has 0 fully saturated rings. The van der Waals surface area contributed by atoms with Crippen molar-refractivity contribution in [1.29, 1.82) is 0 Å². The fourth-order valence-electron chi connectivity index (χ4n) is 1.43. The molecule has 0 heterocycles. The first-order valence-corrected chi connectivity index (χ1v) is 5.08. The van der Waals surface area contributed by atoms with E-state index < -0.39 is 5.97 Å². The molecular formula is C12H15NO3. The lowest BCUT2D eigenvalue weighted by Crippen LogP contribution is -2.19. The highest BCUT2D eigenvalue weighted by Crippen LogP contribution is 2.13. The van der Waals surface area contributed by atoms with Crippen molar-refractivity contribution in [3.8, 4) is 0 Å². The molecule has 0 amide bonds. The summed E-state index contributed by atoms with van der Waals surface area (Å²) in [5, 5.41) is 11.6. The summed E-state index contributed by atoms with van der Waals surface area (Å²) in [6.45, 7) is 3.29. The van der Waals surface area contributed by atoms with Gasteiger partial charge in [-0.05, 0) is 26.0 Å². The summed E-state index contributed by atoms with van der Waals surface area (Å²) in [5.41, 5.74) is 1.38. The number of hydrogen-bond donors (Lipinski definition) is 2. The van der Waals surface area contributed by atoms with Gasteiger partial charge in [0.1, 0.15) is 0 Å². The van der Waals surface area contributed by atoms with Crippen molar-refractivity contribution in [1.82, 2.24) is 0 Å². The molecule has 0 aliphatic carbocycles. The predicted molar refractivity (Wildman–Crippen MR) is 61.8 cm³/mol. The zero-order valence-corrected chi connectivity index (χ0v) is 9.36. The third kappa shape index (κ3) is 3.73. The number of hydrogen-bond acceptors (Lipinski definition) is 3. The number of nitrogens with one attached hydrogen (secondary N) is 1. The molecule has 0 spiro atoms. The first kappa shape index (κ1) is 12.2. The molecule has 0 radical (unpaired) electrons. The molecule has 1 aromatic rings. The lowest BCUT2D eigenvalue weighted by molar-refractivity contribution is -0.137. The third-order valence-electron chi connectivity index (χ3n) is 2.16. The molecular weight excluding hydrogens is 206 g/mol. The molecule has 0 aliphatic heterocycles. The van der Waals surface area contributed by atoms with Crippen LogP contribution in [0.15, 0.2) is 24.3 Å². The van der Waals surface area contributed by atoms with Gasteiger partial charge in [0.05, 0.1) is 6.42 Å². The van der Waals surface area contributed by atoms with Crippen molar-refractivity contribution in [2.45, 2.75) is 26.3 Å². The summed E-state index contributed by atoms with van der Waals surface area (Å²) in [7, 11) is 0. The molecule has 1 unspecified atom stereocenters. The van der Waals surface area contributed by atoms with Crippen LogP contribution in [0.3, 0.4) is 0 Å². The van der Waals surface area contributed by atoms with Crippen LogP contribution in [0.1, 0.15) is 30.6 Å².